The lowest BCUT2D eigenvalue weighted by atomic mass is 10.1. The summed E-state index contributed by atoms with van der Waals surface area (Å²) >= 11 is 0. The molecule has 4 heteroatoms. The number of likely N-dealkylation sites (tertiary alicyclic amines) is 1. The van der Waals surface area contributed by atoms with Gasteiger partial charge in [-0.25, -0.2) is 4.98 Å². The van der Waals surface area contributed by atoms with E-state index in [-0.39, 0.29) is 0 Å². The van der Waals surface area contributed by atoms with Crippen LogP contribution in [0.1, 0.15) is 37.8 Å². The highest BCUT2D eigenvalue weighted by atomic mass is 16.3. The molecule has 1 N–H and O–H groups in total. The summed E-state index contributed by atoms with van der Waals surface area (Å²) in [6, 6.07) is 0.624. The Hall–Kier alpha value is -0.870. The Kier molecular flexibility index (Phi) is 4.18. The van der Waals surface area contributed by atoms with Gasteiger partial charge in [-0.15, -0.1) is 0 Å². The normalized spacial score (nSPS) is 21.5. The highest BCUT2D eigenvalue weighted by molar-refractivity contribution is 5.04. The zero-order chi connectivity index (χ0) is 12.3. The van der Waals surface area contributed by atoms with Crippen LogP contribution in [0, 0.1) is 0 Å². The first-order chi connectivity index (χ1) is 8.20. The quantitative estimate of drug-likeness (QED) is 0.845. The molecule has 1 aliphatic rings. The van der Waals surface area contributed by atoms with E-state index in [4.69, 9.17) is 4.42 Å². The predicted molar refractivity (Wildman–Crippen MR) is 68.2 cm³/mol. The van der Waals surface area contributed by atoms with Gasteiger partial charge in [0.1, 0.15) is 6.26 Å². The molecule has 2 rings (SSSR count). The van der Waals surface area contributed by atoms with Gasteiger partial charge in [0.05, 0.1) is 5.69 Å². The molecular weight excluding hydrogens is 214 g/mol. The van der Waals surface area contributed by atoms with Gasteiger partial charge in [0.15, 0.2) is 5.89 Å². The highest BCUT2D eigenvalue weighted by Gasteiger charge is 2.28. The van der Waals surface area contributed by atoms with Crippen molar-refractivity contribution in [2.45, 2.75) is 38.6 Å². The van der Waals surface area contributed by atoms with Crippen LogP contribution in [0.2, 0.25) is 0 Å². The van der Waals surface area contributed by atoms with Gasteiger partial charge in [0, 0.05) is 31.5 Å². The molecule has 0 aliphatic carbocycles. The fourth-order valence-electron chi connectivity index (χ4n) is 2.34. The van der Waals surface area contributed by atoms with E-state index >= 15 is 0 Å². The molecule has 0 radical (unpaired) electrons. The van der Waals surface area contributed by atoms with Crippen LogP contribution in [0.15, 0.2) is 10.7 Å². The summed E-state index contributed by atoms with van der Waals surface area (Å²) in [4.78, 5) is 7.08. The third-order valence-corrected chi connectivity index (χ3v) is 3.50. The Balaban J connectivity index is 1.92. The second kappa shape index (κ2) is 5.65. The summed E-state index contributed by atoms with van der Waals surface area (Å²) in [5, 5.41) is 3.13. The SMILES string of the molecule is CNCCc1coc(C2CCN(C(C)C)C2)n1. The minimum atomic E-state index is 0.487. The van der Waals surface area contributed by atoms with Crippen molar-refractivity contribution in [1.82, 2.24) is 15.2 Å². The van der Waals surface area contributed by atoms with E-state index in [2.05, 4.69) is 29.0 Å². The van der Waals surface area contributed by atoms with E-state index in [0.29, 0.717) is 12.0 Å². The second-order valence-electron chi connectivity index (χ2n) is 5.10. The number of rotatable bonds is 5. The van der Waals surface area contributed by atoms with Crippen LogP contribution >= 0.6 is 0 Å². The molecular formula is C13H23N3O. The van der Waals surface area contributed by atoms with Crippen LogP contribution in [-0.2, 0) is 6.42 Å². The van der Waals surface area contributed by atoms with Gasteiger partial charge in [-0.05, 0) is 33.9 Å². The Labute approximate surface area is 103 Å². The Morgan fingerprint density at radius 1 is 1.59 bits per heavy atom. The summed E-state index contributed by atoms with van der Waals surface area (Å²) in [6.45, 7) is 7.70. The van der Waals surface area contributed by atoms with Crippen LogP contribution in [0.25, 0.3) is 0 Å². The van der Waals surface area contributed by atoms with E-state index in [1.807, 2.05) is 13.3 Å². The Morgan fingerprint density at radius 3 is 3.06 bits per heavy atom. The molecule has 96 valence electrons. The highest BCUT2D eigenvalue weighted by Crippen LogP contribution is 2.27. The first-order valence-corrected chi connectivity index (χ1v) is 6.53. The van der Waals surface area contributed by atoms with Crippen molar-refractivity contribution in [1.29, 1.82) is 0 Å². The molecule has 1 atom stereocenters. The number of hydrogen-bond donors (Lipinski definition) is 1. The molecule has 0 amide bonds. The van der Waals surface area contributed by atoms with Gasteiger partial charge >= 0.3 is 0 Å². The van der Waals surface area contributed by atoms with Gasteiger partial charge in [-0.3, -0.25) is 0 Å². The van der Waals surface area contributed by atoms with Gasteiger partial charge in [0.2, 0.25) is 0 Å². The van der Waals surface area contributed by atoms with E-state index in [0.717, 1.165) is 37.6 Å². The minimum absolute atomic E-state index is 0.487. The van der Waals surface area contributed by atoms with Crippen molar-refractivity contribution in [3.8, 4) is 0 Å². The molecule has 1 unspecified atom stereocenters. The molecule has 0 aromatic carbocycles. The van der Waals surface area contributed by atoms with E-state index in [1.54, 1.807) is 0 Å². The van der Waals surface area contributed by atoms with E-state index in [1.165, 1.54) is 6.42 Å². The van der Waals surface area contributed by atoms with E-state index in [9.17, 15) is 0 Å². The van der Waals surface area contributed by atoms with Gasteiger partial charge < -0.3 is 14.6 Å². The van der Waals surface area contributed by atoms with Crippen molar-refractivity contribution in [3.05, 3.63) is 17.8 Å². The summed E-state index contributed by atoms with van der Waals surface area (Å²) in [5.41, 5.74) is 1.07. The molecule has 1 aromatic heterocycles. The largest absolute Gasteiger partial charge is 0.448 e. The third-order valence-electron chi connectivity index (χ3n) is 3.50. The number of hydrogen-bond acceptors (Lipinski definition) is 4. The fraction of sp³-hybridized carbons (Fsp3) is 0.769. The number of likely N-dealkylation sites (N-methyl/N-ethyl adjacent to an activating group) is 1. The molecule has 1 aliphatic heterocycles. The van der Waals surface area contributed by atoms with Crippen LogP contribution in [0.4, 0.5) is 0 Å². The van der Waals surface area contributed by atoms with Crippen LogP contribution in [-0.4, -0.2) is 42.6 Å². The average molecular weight is 237 g/mol. The molecule has 17 heavy (non-hydrogen) atoms. The molecule has 0 saturated carbocycles. The molecule has 2 heterocycles. The number of nitrogens with zero attached hydrogens (tertiary/aromatic N) is 2. The maximum absolute atomic E-state index is 5.61. The Bertz CT molecular complexity index is 348. The zero-order valence-electron chi connectivity index (χ0n) is 11.1. The molecule has 0 spiro atoms. The van der Waals surface area contributed by atoms with E-state index < -0.39 is 0 Å². The lowest BCUT2D eigenvalue weighted by Gasteiger charge is -2.19. The third kappa shape index (κ3) is 3.07. The fourth-order valence-corrected chi connectivity index (χ4v) is 2.34. The smallest absolute Gasteiger partial charge is 0.198 e. The van der Waals surface area contributed by atoms with Crippen LogP contribution in [0.5, 0.6) is 0 Å². The van der Waals surface area contributed by atoms with Crippen LogP contribution < -0.4 is 5.32 Å². The maximum Gasteiger partial charge on any atom is 0.198 e. The molecule has 1 fully saturated rings. The molecule has 1 aromatic rings. The first kappa shape index (κ1) is 12.6. The lowest BCUT2D eigenvalue weighted by Crippen LogP contribution is -2.27. The van der Waals surface area contributed by atoms with Crippen molar-refractivity contribution in [2.75, 3.05) is 26.7 Å². The molecule has 4 nitrogen and oxygen atoms in total. The summed E-state index contributed by atoms with van der Waals surface area (Å²) in [7, 11) is 1.96. The summed E-state index contributed by atoms with van der Waals surface area (Å²) < 4.78 is 5.61. The number of aromatic nitrogens is 1. The average Bonchev–Trinajstić information content (AvgIpc) is 2.94. The number of oxazole rings is 1. The first-order valence-electron chi connectivity index (χ1n) is 6.53. The molecule has 0 bridgehead atoms. The molecule has 1 saturated heterocycles. The standard InChI is InChI=1S/C13H23N3O/c1-10(2)16-7-5-11(8-16)13-15-12(9-17-13)4-6-14-3/h9-11,14H,4-8H2,1-3H3. The maximum atomic E-state index is 5.61. The van der Waals surface area contributed by atoms with Gasteiger partial charge in [-0.1, -0.05) is 0 Å². The number of nitrogens with one attached hydrogen (secondary N) is 1. The van der Waals surface area contributed by atoms with Gasteiger partial charge in [0.25, 0.3) is 0 Å². The van der Waals surface area contributed by atoms with Gasteiger partial charge in [-0.2, -0.15) is 0 Å². The minimum Gasteiger partial charge on any atom is -0.448 e. The zero-order valence-corrected chi connectivity index (χ0v) is 11.1. The van der Waals surface area contributed by atoms with Crippen LogP contribution in [0.3, 0.4) is 0 Å². The monoisotopic (exact) mass is 237 g/mol. The second-order valence-corrected chi connectivity index (χ2v) is 5.10. The van der Waals surface area contributed by atoms with Crippen molar-refractivity contribution < 1.29 is 4.42 Å². The predicted octanol–water partition coefficient (Wildman–Crippen LogP) is 1.63. The Morgan fingerprint density at radius 2 is 2.41 bits per heavy atom. The summed E-state index contributed by atoms with van der Waals surface area (Å²) in [6.07, 6.45) is 3.93. The topological polar surface area (TPSA) is 41.3 Å². The van der Waals surface area contributed by atoms with Crippen molar-refractivity contribution in [2.24, 2.45) is 0 Å². The summed E-state index contributed by atoms with van der Waals surface area (Å²) in [5.74, 6) is 1.42. The van der Waals surface area contributed by atoms with Crippen molar-refractivity contribution >= 4 is 0 Å². The lowest BCUT2D eigenvalue weighted by molar-refractivity contribution is 0.268. The van der Waals surface area contributed by atoms with Crippen molar-refractivity contribution in [3.63, 3.8) is 0 Å².